The maximum atomic E-state index is 3.44. The number of hydrogen-bond acceptors (Lipinski definition) is 2. The normalized spacial score (nSPS) is 17.6. The van der Waals surface area contributed by atoms with Gasteiger partial charge >= 0.3 is 0 Å². The van der Waals surface area contributed by atoms with E-state index in [9.17, 15) is 0 Å². The average Bonchev–Trinajstić information content (AvgIpc) is 2.58. The predicted octanol–water partition coefficient (Wildman–Crippen LogP) is 3.71. The molecule has 1 saturated heterocycles. The minimum absolute atomic E-state index is 0.538. The predicted molar refractivity (Wildman–Crippen MR) is 89.4 cm³/mol. The van der Waals surface area contributed by atoms with E-state index in [1.165, 1.54) is 16.7 Å². The van der Waals surface area contributed by atoms with E-state index in [0.29, 0.717) is 6.04 Å². The zero-order valence-electron chi connectivity index (χ0n) is 12.8. The molecule has 3 rings (SSSR count). The Morgan fingerprint density at radius 3 is 2.38 bits per heavy atom. The SMILES string of the molecule is CC[C@H](c1cccc(-c2ccccc2)c1)N1CCNCC1. The summed E-state index contributed by atoms with van der Waals surface area (Å²) < 4.78 is 0. The largest absolute Gasteiger partial charge is 0.314 e. The van der Waals surface area contributed by atoms with E-state index in [1.54, 1.807) is 0 Å². The molecule has 1 heterocycles. The summed E-state index contributed by atoms with van der Waals surface area (Å²) in [4.78, 5) is 2.61. The molecule has 0 aliphatic carbocycles. The van der Waals surface area contributed by atoms with Gasteiger partial charge in [-0.1, -0.05) is 55.5 Å². The Labute approximate surface area is 127 Å². The summed E-state index contributed by atoms with van der Waals surface area (Å²) in [6.07, 6.45) is 1.16. The summed E-state index contributed by atoms with van der Waals surface area (Å²) in [5, 5.41) is 3.44. The monoisotopic (exact) mass is 280 g/mol. The summed E-state index contributed by atoms with van der Waals surface area (Å²) in [7, 11) is 0. The number of rotatable bonds is 4. The third-order valence-electron chi connectivity index (χ3n) is 4.36. The first-order valence-electron chi connectivity index (χ1n) is 7.98. The van der Waals surface area contributed by atoms with Crippen molar-refractivity contribution in [3.63, 3.8) is 0 Å². The first-order valence-corrected chi connectivity index (χ1v) is 7.98. The maximum Gasteiger partial charge on any atom is 0.0346 e. The van der Waals surface area contributed by atoms with E-state index in [2.05, 4.69) is 71.7 Å². The van der Waals surface area contributed by atoms with Gasteiger partial charge in [0.1, 0.15) is 0 Å². The Hall–Kier alpha value is -1.64. The van der Waals surface area contributed by atoms with Gasteiger partial charge in [0.05, 0.1) is 0 Å². The van der Waals surface area contributed by atoms with Crippen LogP contribution >= 0.6 is 0 Å². The molecule has 0 spiro atoms. The molecule has 2 nitrogen and oxygen atoms in total. The van der Waals surface area contributed by atoms with Crippen molar-refractivity contribution >= 4 is 0 Å². The van der Waals surface area contributed by atoms with Crippen LogP contribution in [-0.4, -0.2) is 31.1 Å². The average molecular weight is 280 g/mol. The van der Waals surface area contributed by atoms with Crippen LogP contribution in [-0.2, 0) is 0 Å². The lowest BCUT2D eigenvalue weighted by Crippen LogP contribution is -2.45. The van der Waals surface area contributed by atoms with Crippen LogP contribution in [0.3, 0.4) is 0 Å². The zero-order chi connectivity index (χ0) is 14.5. The standard InChI is InChI=1S/C19H24N2/c1-2-19(21-13-11-20-12-14-21)18-10-6-9-17(15-18)16-7-4-3-5-8-16/h3-10,15,19-20H,2,11-14H2,1H3/t19-/m1/s1. The van der Waals surface area contributed by atoms with Gasteiger partial charge in [0.25, 0.3) is 0 Å². The molecule has 0 unspecified atom stereocenters. The summed E-state index contributed by atoms with van der Waals surface area (Å²) in [6, 6.07) is 20.2. The highest BCUT2D eigenvalue weighted by molar-refractivity contribution is 5.64. The minimum atomic E-state index is 0.538. The molecule has 1 fully saturated rings. The second-order valence-corrected chi connectivity index (χ2v) is 5.70. The molecule has 0 aromatic heterocycles. The summed E-state index contributed by atoms with van der Waals surface area (Å²) >= 11 is 0. The van der Waals surface area contributed by atoms with Crippen LogP contribution in [0.5, 0.6) is 0 Å². The van der Waals surface area contributed by atoms with Gasteiger partial charge in [-0.2, -0.15) is 0 Å². The van der Waals surface area contributed by atoms with Gasteiger partial charge in [0.2, 0.25) is 0 Å². The Morgan fingerprint density at radius 1 is 0.952 bits per heavy atom. The topological polar surface area (TPSA) is 15.3 Å². The number of nitrogens with one attached hydrogen (secondary N) is 1. The first-order chi connectivity index (χ1) is 10.4. The third kappa shape index (κ3) is 3.34. The van der Waals surface area contributed by atoms with E-state index in [4.69, 9.17) is 0 Å². The number of hydrogen-bond donors (Lipinski definition) is 1. The van der Waals surface area contributed by atoms with Gasteiger partial charge in [-0.3, -0.25) is 4.90 Å². The van der Waals surface area contributed by atoms with Crippen molar-refractivity contribution in [2.45, 2.75) is 19.4 Å². The number of piperazine rings is 1. The molecule has 1 N–H and O–H groups in total. The van der Waals surface area contributed by atoms with E-state index in [0.717, 1.165) is 32.6 Å². The van der Waals surface area contributed by atoms with E-state index < -0.39 is 0 Å². The molecular weight excluding hydrogens is 256 g/mol. The maximum absolute atomic E-state index is 3.44. The van der Waals surface area contributed by atoms with Crippen LogP contribution in [0.4, 0.5) is 0 Å². The fourth-order valence-electron chi connectivity index (χ4n) is 3.25. The summed E-state index contributed by atoms with van der Waals surface area (Å²) in [5.74, 6) is 0. The zero-order valence-corrected chi connectivity index (χ0v) is 12.8. The van der Waals surface area contributed by atoms with Crippen LogP contribution in [0.15, 0.2) is 54.6 Å². The molecule has 21 heavy (non-hydrogen) atoms. The van der Waals surface area contributed by atoms with Crippen LogP contribution < -0.4 is 5.32 Å². The van der Waals surface area contributed by atoms with Crippen molar-refractivity contribution in [3.05, 3.63) is 60.2 Å². The summed E-state index contributed by atoms with van der Waals surface area (Å²) in [6.45, 7) is 6.80. The molecule has 1 aliphatic heterocycles. The lowest BCUT2D eigenvalue weighted by molar-refractivity contribution is 0.169. The van der Waals surface area contributed by atoms with Gasteiger partial charge in [-0.05, 0) is 29.2 Å². The van der Waals surface area contributed by atoms with E-state index >= 15 is 0 Å². The number of benzene rings is 2. The minimum Gasteiger partial charge on any atom is -0.314 e. The molecular formula is C19H24N2. The van der Waals surface area contributed by atoms with Gasteiger partial charge in [0.15, 0.2) is 0 Å². The van der Waals surface area contributed by atoms with Crippen molar-refractivity contribution in [3.8, 4) is 11.1 Å². The van der Waals surface area contributed by atoms with Crippen molar-refractivity contribution in [1.29, 1.82) is 0 Å². The molecule has 110 valence electrons. The molecule has 2 aromatic rings. The Balaban J connectivity index is 1.87. The van der Waals surface area contributed by atoms with Crippen LogP contribution in [0.25, 0.3) is 11.1 Å². The van der Waals surface area contributed by atoms with Crippen molar-refractivity contribution in [2.75, 3.05) is 26.2 Å². The molecule has 0 bridgehead atoms. The lowest BCUT2D eigenvalue weighted by Gasteiger charge is -2.35. The van der Waals surface area contributed by atoms with Crippen LogP contribution in [0, 0.1) is 0 Å². The molecule has 1 atom stereocenters. The lowest BCUT2D eigenvalue weighted by atomic mass is 9.97. The highest BCUT2D eigenvalue weighted by Gasteiger charge is 2.20. The second kappa shape index (κ2) is 6.88. The van der Waals surface area contributed by atoms with Gasteiger partial charge in [0, 0.05) is 32.2 Å². The van der Waals surface area contributed by atoms with Crippen molar-refractivity contribution < 1.29 is 0 Å². The Kier molecular flexibility index (Phi) is 4.69. The highest BCUT2D eigenvalue weighted by atomic mass is 15.2. The van der Waals surface area contributed by atoms with Gasteiger partial charge in [-0.15, -0.1) is 0 Å². The van der Waals surface area contributed by atoms with Gasteiger partial charge < -0.3 is 5.32 Å². The Morgan fingerprint density at radius 2 is 1.67 bits per heavy atom. The second-order valence-electron chi connectivity index (χ2n) is 5.70. The molecule has 0 radical (unpaired) electrons. The molecule has 2 aromatic carbocycles. The molecule has 0 saturated carbocycles. The third-order valence-corrected chi connectivity index (χ3v) is 4.36. The van der Waals surface area contributed by atoms with Crippen molar-refractivity contribution in [2.24, 2.45) is 0 Å². The van der Waals surface area contributed by atoms with E-state index in [1.807, 2.05) is 0 Å². The Bertz CT molecular complexity index is 559. The fraction of sp³-hybridized carbons (Fsp3) is 0.368. The van der Waals surface area contributed by atoms with Crippen LogP contribution in [0.1, 0.15) is 24.9 Å². The van der Waals surface area contributed by atoms with Crippen molar-refractivity contribution in [1.82, 2.24) is 10.2 Å². The van der Waals surface area contributed by atoms with E-state index in [-0.39, 0.29) is 0 Å². The quantitative estimate of drug-likeness (QED) is 0.918. The van der Waals surface area contributed by atoms with Crippen LogP contribution in [0.2, 0.25) is 0 Å². The number of nitrogens with zero attached hydrogens (tertiary/aromatic N) is 1. The smallest absolute Gasteiger partial charge is 0.0346 e. The first kappa shape index (κ1) is 14.3. The molecule has 1 aliphatic rings. The fourth-order valence-corrected chi connectivity index (χ4v) is 3.25. The molecule has 2 heteroatoms. The summed E-state index contributed by atoms with van der Waals surface area (Å²) in [5.41, 5.74) is 4.07. The van der Waals surface area contributed by atoms with Gasteiger partial charge in [-0.25, -0.2) is 0 Å². The highest BCUT2D eigenvalue weighted by Crippen LogP contribution is 2.28. The molecule has 0 amide bonds.